The Kier molecular flexibility index (Phi) is 4.60. The van der Waals surface area contributed by atoms with Gasteiger partial charge < -0.3 is 5.32 Å². The Labute approximate surface area is 144 Å². The van der Waals surface area contributed by atoms with Crippen LogP contribution in [0.3, 0.4) is 0 Å². The lowest BCUT2D eigenvalue weighted by atomic mass is 9.84. The topological polar surface area (TPSA) is 66.5 Å². The summed E-state index contributed by atoms with van der Waals surface area (Å²) in [6.45, 7) is 2.08. The second kappa shape index (κ2) is 6.39. The first-order chi connectivity index (χ1) is 11.3. The summed E-state index contributed by atoms with van der Waals surface area (Å²) in [5, 5.41) is 3.11. The molecule has 0 saturated heterocycles. The van der Waals surface area contributed by atoms with E-state index >= 15 is 0 Å². The molecule has 2 aliphatic carbocycles. The molecule has 2 saturated carbocycles. The molecule has 0 heterocycles. The lowest BCUT2D eigenvalue weighted by molar-refractivity contribution is 0.0916. The Bertz CT molecular complexity index is 732. The van der Waals surface area contributed by atoms with Crippen molar-refractivity contribution < 1.29 is 13.2 Å². The van der Waals surface area contributed by atoms with Gasteiger partial charge in [-0.05, 0) is 56.1 Å². The van der Waals surface area contributed by atoms with Crippen LogP contribution in [0.1, 0.15) is 43.0 Å². The van der Waals surface area contributed by atoms with Gasteiger partial charge in [0.2, 0.25) is 10.0 Å². The zero-order chi connectivity index (χ0) is 17.5. The van der Waals surface area contributed by atoms with Crippen molar-refractivity contribution in [1.29, 1.82) is 0 Å². The van der Waals surface area contributed by atoms with Gasteiger partial charge in [-0.2, -0.15) is 0 Å². The van der Waals surface area contributed by atoms with Crippen LogP contribution in [-0.4, -0.2) is 33.7 Å². The highest BCUT2D eigenvalue weighted by molar-refractivity contribution is 7.92. The fraction of sp³-hybridized carbons (Fsp3) is 0.611. The van der Waals surface area contributed by atoms with Crippen LogP contribution in [0.25, 0.3) is 0 Å². The highest BCUT2D eigenvalue weighted by Crippen LogP contribution is 2.49. The van der Waals surface area contributed by atoms with Crippen LogP contribution in [0.15, 0.2) is 24.3 Å². The fourth-order valence-corrected chi connectivity index (χ4v) is 4.93. The van der Waals surface area contributed by atoms with Crippen molar-refractivity contribution in [2.75, 3.05) is 17.6 Å². The van der Waals surface area contributed by atoms with E-state index in [1.165, 1.54) is 32.7 Å². The molecule has 1 N–H and O–H groups in total. The lowest BCUT2D eigenvalue weighted by Gasteiger charge is -2.29. The molecule has 5 nitrogen and oxygen atoms in total. The molecule has 6 heteroatoms. The fourth-order valence-electron chi connectivity index (χ4n) is 4.42. The zero-order valence-electron chi connectivity index (χ0n) is 14.5. The van der Waals surface area contributed by atoms with E-state index in [0.717, 1.165) is 22.4 Å². The minimum atomic E-state index is -3.41. The predicted molar refractivity (Wildman–Crippen MR) is 95.6 cm³/mol. The van der Waals surface area contributed by atoms with E-state index in [0.29, 0.717) is 17.2 Å². The molecule has 1 amide bonds. The molecule has 3 rings (SSSR count). The molecule has 0 unspecified atom stereocenters. The molecule has 1 aromatic rings. The molecule has 132 valence electrons. The van der Waals surface area contributed by atoms with Crippen LogP contribution < -0.4 is 9.62 Å². The van der Waals surface area contributed by atoms with Gasteiger partial charge in [0, 0.05) is 13.1 Å². The molecule has 1 aromatic carbocycles. The smallest absolute Gasteiger partial charge is 0.253 e. The van der Waals surface area contributed by atoms with Gasteiger partial charge in [0.1, 0.15) is 0 Å². The Morgan fingerprint density at radius 2 is 1.96 bits per heavy atom. The van der Waals surface area contributed by atoms with Gasteiger partial charge in [-0.3, -0.25) is 9.10 Å². The van der Waals surface area contributed by atoms with Crippen molar-refractivity contribution in [2.24, 2.45) is 17.8 Å². The Hall–Kier alpha value is -1.56. The first-order valence-corrected chi connectivity index (χ1v) is 10.5. The number of sulfonamides is 1. The Morgan fingerprint density at radius 3 is 2.54 bits per heavy atom. The van der Waals surface area contributed by atoms with Crippen LogP contribution in [0.4, 0.5) is 5.69 Å². The number of carbonyl (C=O) groups is 1. The molecular weight excluding hydrogens is 324 g/mol. The number of nitrogens with one attached hydrogen (secondary N) is 1. The molecule has 2 aliphatic rings. The molecular formula is C18H26N2O3S. The minimum absolute atomic E-state index is 0.115. The molecule has 0 aromatic heterocycles. The maximum Gasteiger partial charge on any atom is 0.253 e. The van der Waals surface area contributed by atoms with Crippen LogP contribution in [0.2, 0.25) is 0 Å². The number of fused-ring (bicyclic) bond motifs is 2. The summed E-state index contributed by atoms with van der Waals surface area (Å²) in [6.07, 6.45) is 6.27. The van der Waals surface area contributed by atoms with Gasteiger partial charge in [0.05, 0.1) is 17.5 Å². The minimum Gasteiger partial charge on any atom is -0.349 e. The molecule has 2 bridgehead atoms. The lowest BCUT2D eigenvalue weighted by Crippen LogP contribution is -2.40. The van der Waals surface area contributed by atoms with Gasteiger partial charge in [-0.1, -0.05) is 18.6 Å². The van der Waals surface area contributed by atoms with Crippen molar-refractivity contribution in [3.8, 4) is 0 Å². The summed E-state index contributed by atoms with van der Waals surface area (Å²) in [6, 6.07) is 6.96. The number of carbonyl (C=O) groups excluding carboxylic acids is 1. The number of hydrogen-bond donors (Lipinski definition) is 1. The highest BCUT2D eigenvalue weighted by atomic mass is 32.2. The third kappa shape index (κ3) is 3.29. The Balaban J connectivity index is 1.76. The van der Waals surface area contributed by atoms with E-state index in [2.05, 4.69) is 12.2 Å². The highest BCUT2D eigenvalue weighted by Gasteiger charge is 2.42. The number of rotatable bonds is 5. The van der Waals surface area contributed by atoms with E-state index in [-0.39, 0.29) is 11.9 Å². The number of anilines is 1. The predicted octanol–water partition coefficient (Wildman–Crippen LogP) is 2.64. The summed E-state index contributed by atoms with van der Waals surface area (Å²) in [5.74, 6) is 1.92. The normalized spacial score (nSPS) is 27.0. The second-order valence-electron chi connectivity index (χ2n) is 7.35. The molecule has 0 aliphatic heterocycles. The van der Waals surface area contributed by atoms with E-state index in [9.17, 15) is 13.2 Å². The van der Waals surface area contributed by atoms with Crippen LogP contribution >= 0.6 is 0 Å². The average molecular weight is 350 g/mol. The van der Waals surface area contributed by atoms with Gasteiger partial charge in [-0.25, -0.2) is 8.42 Å². The summed E-state index contributed by atoms with van der Waals surface area (Å²) in [4.78, 5) is 12.7. The number of nitrogens with zero attached hydrogens (tertiary/aromatic N) is 1. The van der Waals surface area contributed by atoms with Gasteiger partial charge >= 0.3 is 0 Å². The number of benzene rings is 1. The van der Waals surface area contributed by atoms with Gasteiger partial charge in [0.15, 0.2) is 0 Å². The van der Waals surface area contributed by atoms with Crippen molar-refractivity contribution in [2.45, 2.75) is 38.6 Å². The van der Waals surface area contributed by atoms with Crippen LogP contribution in [-0.2, 0) is 10.0 Å². The summed E-state index contributed by atoms with van der Waals surface area (Å²) in [5.41, 5.74) is 0.818. The monoisotopic (exact) mass is 350 g/mol. The SMILES string of the molecule is C[C@H](NC(=O)c1ccccc1N(C)S(C)(=O)=O)[C@@H]1C[C@H]2CC[C@H]1C2. The quantitative estimate of drug-likeness (QED) is 0.888. The zero-order valence-corrected chi connectivity index (χ0v) is 15.3. The molecule has 2 fully saturated rings. The number of hydrogen-bond acceptors (Lipinski definition) is 3. The van der Waals surface area contributed by atoms with Crippen molar-refractivity contribution in [3.05, 3.63) is 29.8 Å². The largest absolute Gasteiger partial charge is 0.349 e. The van der Waals surface area contributed by atoms with E-state index in [1.807, 2.05) is 0 Å². The number of amides is 1. The van der Waals surface area contributed by atoms with Crippen LogP contribution in [0.5, 0.6) is 0 Å². The third-order valence-electron chi connectivity index (χ3n) is 5.78. The maximum atomic E-state index is 12.7. The van der Waals surface area contributed by atoms with E-state index in [1.54, 1.807) is 24.3 Å². The number of para-hydroxylation sites is 1. The molecule has 24 heavy (non-hydrogen) atoms. The summed E-state index contributed by atoms with van der Waals surface area (Å²) >= 11 is 0. The summed E-state index contributed by atoms with van der Waals surface area (Å²) in [7, 11) is -1.94. The maximum absolute atomic E-state index is 12.7. The average Bonchev–Trinajstić information content (AvgIpc) is 3.16. The van der Waals surface area contributed by atoms with Crippen molar-refractivity contribution in [3.63, 3.8) is 0 Å². The van der Waals surface area contributed by atoms with E-state index < -0.39 is 10.0 Å². The van der Waals surface area contributed by atoms with E-state index in [4.69, 9.17) is 0 Å². The summed E-state index contributed by atoms with van der Waals surface area (Å²) < 4.78 is 24.8. The first kappa shape index (κ1) is 17.3. The van der Waals surface area contributed by atoms with Gasteiger partial charge in [-0.15, -0.1) is 0 Å². The third-order valence-corrected chi connectivity index (χ3v) is 6.97. The van der Waals surface area contributed by atoms with Crippen LogP contribution in [0, 0.1) is 17.8 Å². The molecule has 4 atom stereocenters. The van der Waals surface area contributed by atoms with Crippen molar-refractivity contribution >= 4 is 21.6 Å². The standard InChI is InChI=1S/C18H26N2O3S/c1-12(16-11-13-8-9-14(16)10-13)19-18(21)15-6-4-5-7-17(15)20(2)24(3,22)23/h4-7,12-14,16H,8-11H2,1-3H3,(H,19,21)/t12-,13-,14-,16-/m0/s1. The first-order valence-electron chi connectivity index (χ1n) is 8.61. The van der Waals surface area contributed by atoms with Gasteiger partial charge in [0.25, 0.3) is 5.91 Å². The Morgan fingerprint density at radius 1 is 1.25 bits per heavy atom. The molecule has 0 radical (unpaired) electrons. The second-order valence-corrected chi connectivity index (χ2v) is 9.36. The molecule has 0 spiro atoms. The van der Waals surface area contributed by atoms with Crippen molar-refractivity contribution in [1.82, 2.24) is 5.32 Å².